The van der Waals surface area contributed by atoms with E-state index in [0.29, 0.717) is 0 Å². The smallest absolute Gasteiger partial charge is 0.309 e. The summed E-state index contributed by atoms with van der Waals surface area (Å²) in [5.74, 6) is 0. The minimum Gasteiger partial charge on any atom is -0.309 e. The summed E-state index contributed by atoms with van der Waals surface area (Å²) in [6, 6.07) is 0. The first-order chi connectivity index (χ1) is 5.18. The van der Waals surface area contributed by atoms with Crippen molar-refractivity contribution in [3.8, 4) is 0 Å². The quantitative estimate of drug-likeness (QED) is 0.577. The van der Waals surface area contributed by atoms with Gasteiger partial charge in [0.25, 0.3) is 0 Å². The molecule has 4 nitrogen and oxygen atoms in total. The van der Waals surface area contributed by atoms with Crippen LogP contribution in [0.4, 0.5) is 0 Å². The lowest BCUT2D eigenvalue weighted by atomic mass is 10.9. The van der Waals surface area contributed by atoms with E-state index in [1.165, 1.54) is 6.29 Å². The van der Waals surface area contributed by atoms with Crippen LogP contribution in [0.25, 0.3) is 0 Å². The minimum atomic E-state index is -3.14. The summed E-state index contributed by atoms with van der Waals surface area (Å²) in [4.78, 5) is 9.91. The van der Waals surface area contributed by atoms with Crippen LogP contribution in [-0.2, 0) is 18.4 Å². The summed E-state index contributed by atoms with van der Waals surface area (Å²) >= 11 is 0. The molecule has 0 spiro atoms. The summed E-state index contributed by atoms with van der Waals surface area (Å²) in [7, 11) is -3.14. The van der Waals surface area contributed by atoms with Crippen molar-refractivity contribution in [3.05, 3.63) is 0 Å². The topological polar surface area (TPSA) is 52.6 Å². The van der Waals surface area contributed by atoms with Crippen LogP contribution < -0.4 is 0 Å². The van der Waals surface area contributed by atoms with Crippen LogP contribution >= 0.6 is 7.60 Å². The Morgan fingerprint density at radius 2 is 1.73 bits per heavy atom. The Bertz CT molecular complexity index is 147. The first kappa shape index (κ1) is 10.8. The second-order valence-corrected chi connectivity index (χ2v) is 3.80. The van der Waals surface area contributed by atoms with E-state index in [1.807, 2.05) is 0 Å². The zero-order valence-corrected chi connectivity index (χ0v) is 7.60. The van der Waals surface area contributed by atoms with Crippen molar-refractivity contribution in [3.63, 3.8) is 0 Å². The third-order valence-electron chi connectivity index (χ3n) is 0.910. The predicted molar refractivity (Wildman–Crippen MR) is 41.4 cm³/mol. The molecule has 0 heterocycles. The number of rotatable bonds is 6. The van der Waals surface area contributed by atoms with Crippen LogP contribution in [-0.4, -0.2) is 25.7 Å². The van der Waals surface area contributed by atoms with E-state index in [2.05, 4.69) is 0 Å². The molecule has 5 heteroatoms. The fourth-order valence-corrected chi connectivity index (χ4v) is 1.80. The molecule has 0 N–H and O–H groups in total. The monoisotopic (exact) mass is 179 g/mol. The van der Waals surface area contributed by atoms with Crippen molar-refractivity contribution in [2.45, 2.75) is 13.8 Å². The fraction of sp³-hybridized carbons (Fsp3) is 0.833. The zero-order valence-electron chi connectivity index (χ0n) is 6.70. The van der Waals surface area contributed by atoms with Gasteiger partial charge >= 0.3 is 7.60 Å². The lowest BCUT2D eigenvalue weighted by molar-refractivity contribution is 0.223. The van der Waals surface area contributed by atoms with Gasteiger partial charge in [-0.25, -0.2) is 0 Å². The van der Waals surface area contributed by atoms with Gasteiger partial charge in [-0.2, -0.15) is 0 Å². The van der Waals surface area contributed by atoms with Crippen LogP contribution in [0.1, 0.15) is 13.8 Å². The van der Waals surface area contributed by atoms with E-state index in [4.69, 9.17) is 9.05 Å². The number of hydrogen-bond donors (Lipinski definition) is 0. The SMILES string of the molecule is CCOP(=O)(C[C]=O)OCC. The van der Waals surface area contributed by atoms with Crippen LogP contribution in [0.15, 0.2) is 0 Å². The Balaban J connectivity index is 4.01. The third kappa shape index (κ3) is 4.30. The number of hydrogen-bond acceptors (Lipinski definition) is 4. The lowest BCUT2D eigenvalue weighted by Gasteiger charge is -2.12. The van der Waals surface area contributed by atoms with Crippen LogP contribution in [0, 0.1) is 0 Å². The van der Waals surface area contributed by atoms with Crippen LogP contribution in [0.3, 0.4) is 0 Å². The molecule has 0 aromatic rings. The normalized spacial score (nSPS) is 11.5. The van der Waals surface area contributed by atoms with Gasteiger partial charge in [-0.05, 0) is 13.8 Å². The molecule has 0 saturated heterocycles. The molecule has 0 aromatic heterocycles. The maximum absolute atomic E-state index is 11.3. The molecule has 0 bridgehead atoms. The Kier molecular flexibility index (Phi) is 5.38. The molecular formula is C6H12O4P. The Labute approximate surface area is 66.4 Å². The van der Waals surface area contributed by atoms with Crippen molar-refractivity contribution in [2.24, 2.45) is 0 Å². The summed E-state index contributed by atoms with van der Waals surface area (Å²) in [5, 5.41) is 0. The van der Waals surface area contributed by atoms with Crippen molar-refractivity contribution in [2.75, 3.05) is 19.4 Å². The molecule has 11 heavy (non-hydrogen) atoms. The van der Waals surface area contributed by atoms with Gasteiger partial charge in [-0.3, -0.25) is 9.36 Å². The highest BCUT2D eigenvalue weighted by atomic mass is 31.2. The summed E-state index contributed by atoms with van der Waals surface area (Å²) in [6.07, 6.45) is 1.23. The molecule has 0 aliphatic heterocycles. The van der Waals surface area contributed by atoms with Crippen molar-refractivity contribution < 1.29 is 18.4 Å². The molecule has 0 amide bonds. The highest BCUT2D eigenvalue weighted by Crippen LogP contribution is 2.46. The van der Waals surface area contributed by atoms with Gasteiger partial charge in [0.05, 0.1) is 13.2 Å². The molecule has 0 aliphatic rings. The summed E-state index contributed by atoms with van der Waals surface area (Å²) in [6.45, 7) is 3.94. The number of carbonyl (C=O) groups excluding carboxylic acids is 1. The van der Waals surface area contributed by atoms with Crippen molar-refractivity contribution in [1.82, 2.24) is 0 Å². The summed E-state index contributed by atoms with van der Waals surface area (Å²) in [5.41, 5.74) is 0. The zero-order chi connectivity index (χ0) is 8.74. The van der Waals surface area contributed by atoms with E-state index in [1.54, 1.807) is 13.8 Å². The summed E-state index contributed by atoms with van der Waals surface area (Å²) < 4.78 is 20.9. The average molecular weight is 179 g/mol. The largest absolute Gasteiger partial charge is 0.338 e. The molecule has 0 atom stereocenters. The maximum atomic E-state index is 11.3. The second kappa shape index (κ2) is 5.47. The van der Waals surface area contributed by atoms with E-state index in [9.17, 15) is 9.36 Å². The van der Waals surface area contributed by atoms with E-state index >= 15 is 0 Å². The third-order valence-corrected chi connectivity index (χ3v) is 2.73. The molecule has 0 fully saturated rings. The highest BCUT2D eigenvalue weighted by molar-refractivity contribution is 7.54. The molecule has 0 rings (SSSR count). The molecule has 0 unspecified atom stereocenters. The first-order valence-corrected chi connectivity index (χ1v) is 5.14. The van der Waals surface area contributed by atoms with Gasteiger partial charge in [0, 0.05) is 0 Å². The molecule has 0 aliphatic carbocycles. The van der Waals surface area contributed by atoms with E-state index in [-0.39, 0.29) is 19.4 Å². The Hall–Kier alpha value is -0.180. The average Bonchev–Trinajstić information content (AvgIpc) is 1.88. The molecule has 0 saturated carbocycles. The molecule has 0 aromatic carbocycles. The lowest BCUT2D eigenvalue weighted by Crippen LogP contribution is -2.00. The van der Waals surface area contributed by atoms with Gasteiger partial charge in [-0.1, -0.05) is 0 Å². The van der Waals surface area contributed by atoms with E-state index in [0.717, 1.165) is 0 Å². The maximum Gasteiger partial charge on any atom is 0.338 e. The van der Waals surface area contributed by atoms with Gasteiger partial charge in [-0.15, -0.1) is 0 Å². The van der Waals surface area contributed by atoms with Gasteiger partial charge in [0.15, 0.2) is 0 Å². The van der Waals surface area contributed by atoms with Crippen LogP contribution in [0.2, 0.25) is 0 Å². The standard InChI is InChI=1S/C6H12O4P/c1-3-9-11(8,6-5-7)10-4-2/h3-4,6H2,1-2H3. The van der Waals surface area contributed by atoms with Gasteiger partial charge in [0.2, 0.25) is 6.29 Å². The van der Waals surface area contributed by atoms with Gasteiger partial charge < -0.3 is 9.05 Å². The molecule has 65 valence electrons. The van der Waals surface area contributed by atoms with Crippen molar-refractivity contribution in [1.29, 1.82) is 0 Å². The van der Waals surface area contributed by atoms with Gasteiger partial charge in [0.1, 0.15) is 6.16 Å². The molecule has 1 radical (unpaired) electrons. The fourth-order valence-electron chi connectivity index (χ4n) is 0.601. The Morgan fingerprint density at radius 3 is 2.00 bits per heavy atom. The minimum absolute atomic E-state index is 0.277. The van der Waals surface area contributed by atoms with Crippen molar-refractivity contribution >= 4 is 13.9 Å². The van der Waals surface area contributed by atoms with E-state index < -0.39 is 7.60 Å². The second-order valence-electron chi connectivity index (χ2n) is 1.75. The Morgan fingerprint density at radius 1 is 1.27 bits per heavy atom. The van der Waals surface area contributed by atoms with Crippen LogP contribution in [0.5, 0.6) is 0 Å². The highest BCUT2D eigenvalue weighted by Gasteiger charge is 2.22. The first-order valence-electron chi connectivity index (χ1n) is 3.41. The molecular weight excluding hydrogens is 167 g/mol. The predicted octanol–water partition coefficient (Wildman–Crippen LogP) is 1.36.